The fraction of sp³-hybridized carbons (Fsp3) is 0.556. The fourth-order valence-electron chi connectivity index (χ4n) is 3.18. The Morgan fingerprint density at radius 3 is 2.78 bits per heavy atom. The summed E-state index contributed by atoms with van der Waals surface area (Å²) in [6.07, 6.45) is 6.41. The number of rotatable bonds is 7. The molecule has 1 fully saturated rings. The van der Waals surface area contributed by atoms with E-state index in [9.17, 15) is 9.90 Å². The molecule has 23 heavy (non-hydrogen) atoms. The lowest BCUT2D eigenvalue weighted by atomic mass is 9.83. The van der Waals surface area contributed by atoms with Crippen molar-refractivity contribution >= 4 is 5.91 Å². The van der Waals surface area contributed by atoms with Gasteiger partial charge in [-0.25, -0.2) is 0 Å². The highest BCUT2D eigenvalue weighted by Gasteiger charge is 2.24. The van der Waals surface area contributed by atoms with Crippen LogP contribution in [0.15, 0.2) is 24.3 Å². The Balaban J connectivity index is 1.87. The molecule has 1 amide bonds. The van der Waals surface area contributed by atoms with Crippen molar-refractivity contribution in [2.75, 3.05) is 13.2 Å². The van der Waals surface area contributed by atoms with E-state index in [1.807, 2.05) is 6.07 Å². The summed E-state index contributed by atoms with van der Waals surface area (Å²) in [5.41, 5.74) is 0.416. The molecule has 1 aromatic carbocycles. The van der Waals surface area contributed by atoms with Gasteiger partial charge < -0.3 is 15.2 Å². The number of benzene rings is 1. The topological polar surface area (TPSA) is 82.3 Å². The van der Waals surface area contributed by atoms with Gasteiger partial charge in [-0.2, -0.15) is 5.26 Å². The highest BCUT2D eigenvalue weighted by atomic mass is 16.5. The summed E-state index contributed by atoms with van der Waals surface area (Å²) >= 11 is 0. The molecule has 0 spiro atoms. The predicted molar refractivity (Wildman–Crippen MR) is 86.9 cm³/mol. The number of nitrogens with one attached hydrogen (secondary N) is 1. The number of hydrogen-bond donors (Lipinski definition) is 2. The van der Waals surface area contributed by atoms with Crippen LogP contribution in [-0.2, 0) is 4.79 Å². The molecule has 0 radical (unpaired) electrons. The van der Waals surface area contributed by atoms with Crippen molar-refractivity contribution in [1.82, 2.24) is 5.32 Å². The van der Waals surface area contributed by atoms with E-state index in [0.717, 1.165) is 12.8 Å². The molecule has 1 aliphatic carbocycles. The molecule has 5 heteroatoms. The number of amides is 1. The second-order valence-corrected chi connectivity index (χ2v) is 5.98. The summed E-state index contributed by atoms with van der Waals surface area (Å²) in [5.74, 6) is 0.648. The first kappa shape index (κ1) is 17.3. The SMILES string of the molecule is N#Cc1ccccc1OCC(=O)NC(CCO)C1CCCCC1. The van der Waals surface area contributed by atoms with Crippen molar-refractivity contribution in [3.63, 3.8) is 0 Å². The highest BCUT2D eigenvalue weighted by molar-refractivity contribution is 5.78. The number of hydrogen-bond acceptors (Lipinski definition) is 4. The van der Waals surface area contributed by atoms with Gasteiger partial charge >= 0.3 is 0 Å². The summed E-state index contributed by atoms with van der Waals surface area (Å²) < 4.78 is 5.46. The smallest absolute Gasteiger partial charge is 0.258 e. The molecule has 124 valence electrons. The largest absolute Gasteiger partial charge is 0.482 e. The van der Waals surface area contributed by atoms with Crippen LogP contribution in [0.5, 0.6) is 5.75 Å². The van der Waals surface area contributed by atoms with Crippen LogP contribution in [0.25, 0.3) is 0 Å². The minimum absolute atomic E-state index is 0.00242. The Labute approximate surface area is 137 Å². The molecule has 1 aromatic rings. The number of nitrogens with zero attached hydrogens (tertiary/aromatic N) is 1. The fourth-order valence-corrected chi connectivity index (χ4v) is 3.18. The highest BCUT2D eigenvalue weighted by Crippen LogP contribution is 2.27. The molecular formula is C18H24N2O3. The second kappa shape index (κ2) is 9.16. The summed E-state index contributed by atoms with van der Waals surface area (Å²) in [6.45, 7) is -0.0487. The molecule has 5 nitrogen and oxygen atoms in total. The molecule has 0 aliphatic heterocycles. The quantitative estimate of drug-likeness (QED) is 0.809. The molecule has 2 N–H and O–H groups in total. The van der Waals surface area contributed by atoms with Crippen molar-refractivity contribution in [3.05, 3.63) is 29.8 Å². The van der Waals surface area contributed by atoms with Gasteiger partial charge in [0.15, 0.2) is 6.61 Å². The monoisotopic (exact) mass is 316 g/mol. The van der Waals surface area contributed by atoms with E-state index in [1.54, 1.807) is 24.3 Å². The Kier molecular flexibility index (Phi) is 6.89. The number of aliphatic hydroxyl groups excluding tert-OH is 1. The minimum Gasteiger partial charge on any atom is -0.482 e. The third kappa shape index (κ3) is 5.26. The number of carbonyl (C=O) groups excluding carboxylic acids is 1. The first-order valence-electron chi connectivity index (χ1n) is 8.26. The van der Waals surface area contributed by atoms with Crippen LogP contribution in [0.1, 0.15) is 44.1 Å². The summed E-state index contributed by atoms with van der Waals surface area (Å²) in [4.78, 5) is 12.1. The van der Waals surface area contributed by atoms with Crippen LogP contribution in [0.3, 0.4) is 0 Å². The van der Waals surface area contributed by atoms with E-state index in [-0.39, 0.29) is 25.2 Å². The van der Waals surface area contributed by atoms with E-state index in [4.69, 9.17) is 10.00 Å². The molecule has 0 aromatic heterocycles. The van der Waals surface area contributed by atoms with E-state index in [2.05, 4.69) is 5.32 Å². The molecule has 2 rings (SSSR count). The van der Waals surface area contributed by atoms with E-state index < -0.39 is 0 Å². The average Bonchev–Trinajstić information content (AvgIpc) is 2.60. The molecule has 1 atom stereocenters. The maximum Gasteiger partial charge on any atom is 0.258 e. The lowest BCUT2D eigenvalue weighted by Crippen LogP contribution is -2.43. The van der Waals surface area contributed by atoms with Gasteiger partial charge in [0.2, 0.25) is 0 Å². The van der Waals surface area contributed by atoms with Gasteiger partial charge in [-0.1, -0.05) is 31.4 Å². The third-order valence-electron chi connectivity index (χ3n) is 4.37. The van der Waals surface area contributed by atoms with Crippen molar-refractivity contribution < 1.29 is 14.6 Å². The molecule has 1 aliphatic rings. The van der Waals surface area contributed by atoms with Crippen molar-refractivity contribution in [3.8, 4) is 11.8 Å². The average molecular weight is 316 g/mol. The summed E-state index contributed by atoms with van der Waals surface area (Å²) in [6, 6.07) is 8.90. The summed E-state index contributed by atoms with van der Waals surface area (Å²) in [5, 5.41) is 21.2. The molecule has 0 heterocycles. The predicted octanol–water partition coefficient (Wildman–Crippen LogP) is 2.38. The first-order chi connectivity index (χ1) is 11.2. The minimum atomic E-state index is -0.207. The van der Waals surface area contributed by atoms with Crippen LogP contribution in [0.4, 0.5) is 0 Å². The number of ether oxygens (including phenoxy) is 1. The van der Waals surface area contributed by atoms with E-state index in [1.165, 1.54) is 19.3 Å². The maximum atomic E-state index is 12.1. The van der Waals surface area contributed by atoms with Gasteiger partial charge in [-0.05, 0) is 37.3 Å². The summed E-state index contributed by atoms with van der Waals surface area (Å²) in [7, 11) is 0. The van der Waals surface area contributed by atoms with Crippen LogP contribution in [0, 0.1) is 17.2 Å². The van der Waals surface area contributed by atoms with E-state index in [0.29, 0.717) is 23.7 Å². The normalized spacial score (nSPS) is 16.3. The number of para-hydroxylation sites is 1. The molecule has 1 saturated carbocycles. The standard InChI is InChI=1S/C18H24N2O3/c19-12-15-8-4-5-9-17(15)23-13-18(22)20-16(10-11-21)14-6-2-1-3-7-14/h4-5,8-9,14,16,21H,1-3,6-7,10-11,13H2,(H,20,22). The Hall–Kier alpha value is -2.06. The number of nitriles is 1. The van der Waals surface area contributed by atoms with Gasteiger partial charge in [0.05, 0.1) is 5.56 Å². The Bertz CT molecular complexity index is 547. The van der Waals surface area contributed by atoms with Crippen molar-refractivity contribution in [1.29, 1.82) is 5.26 Å². The van der Waals surface area contributed by atoms with Gasteiger partial charge in [0.25, 0.3) is 5.91 Å². The van der Waals surface area contributed by atoms with Crippen LogP contribution in [0.2, 0.25) is 0 Å². The molecule has 0 saturated heterocycles. The maximum absolute atomic E-state index is 12.1. The zero-order valence-electron chi connectivity index (χ0n) is 13.3. The zero-order valence-corrected chi connectivity index (χ0v) is 13.3. The number of carbonyl (C=O) groups is 1. The Morgan fingerprint density at radius 1 is 1.35 bits per heavy atom. The second-order valence-electron chi connectivity index (χ2n) is 5.98. The van der Waals surface area contributed by atoms with Gasteiger partial charge in [-0.3, -0.25) is 4.79 Å². The molecular weight excluding hydrogens is 292 g/mol. The van der Waals surface area contributed by atoms with Crippen molar-refractivity contribution in [2.24, 2.45) is 5.92 Å². The van der Waals surface area contributed by atoms with Gasteiger partial charge in [-0.15, -0.1) is 0 Å². The third-order valence-corrected chi connectivity index (χ3v) is 4.37. The van der Waals surface area contributed by atoms with E-state index >= 15 is 0 Å². The molecule has 0 bridgehead atoms. The lowest BCUT2D eigenvalue weighted by Gasteiger charge is -2.30. The van der Waals surface area contributed by atoms with Gasteiger partial charge in [0.1, 0.15) is 11.8 Å². The van der Waals surface area contributed by atoms with Crippen LogP contribution >= 0.6 is 0 Å². The first-order valence-corrected chi connectivity index (χ1v) is 8.26. The van der Waals surface area contributed by atoms with Crippen molar-refractivity contribution in [2.45, 2.75) is 44.6 Å². The van der Waals surface area contributed by atoms with Crippen LogP contribution in [-0.4, -0.2) is 30.3 Å². The van der Waals surface area contributed by atoms with Crippen LogP contribution < -0.4 is 10.1 Å². The number of aliphatic hydroxyl groups is 1. The van der Waals surface area contributed by atoms with Gasteiger partial charge in [0, 0.05) is 12.6 Å². The molecule has 1 unspecified atom stereocenters. The Morgan fingerprint density at radius 2 is 2.09 bits per heavy atom. The zero-order chi connectivity index (χ0) is 16.5. The lowest BCUT2D eigenvalue weighted by molar-refractivity contribution is -0.124.